The van der Waals surface area contributed by atoms with Gasteiger partial charge in [-0.05, 0) is 53.7 Å². The zero-order valence-corrected chi connectivity index (χ0v) is 18.1. The van der Waals surface area contributed by atoms with Gasteiger partial charge in [0.05, 0.1) is 17.0 Å². The first-order chi connectivity index (χ1) is 14.7. The Morgan fingerprint density at radius 1 is 1.03 bits per heavy atom. The molecule has 0 aliphatic carbocycles. The number of alkyl halides is 3. The van der Waals surface area contributed by atoms with Gasteiger partial charge < -0.3 is 4.42 Å². The first kappa shape index (κ1) is 21.5. The Hall–Kier alpha value is -2.78. The number of carbonyl (C=O) groups is 2. The van der Waals surface area contributed by atoms with Gasteiger partial charge in [-0.2, -0.15) is 13.2 Å². The number of benzene rings is 2. The molecule has 0 atom stereocenters. The van der Waals surface area contributed by atoms with Crippen LogP contribution < -0.4 is 0 Å². The van der Waals surface area contributed by atoms with Crippen molar-refractivity contribution in [1.29, 1.82) is 0 Å². The lowest BCUT2D eigenvalue weighted by molar-refractivity contribution is -0.137. The fourth-order valence-electron chi connectivity index (χ4n) is 2.97. The zero-order valence-electron chi connectivity index (χ0n) is 15.7. The highest BCUT2D eigenvalue weighted by molar-refractivity contribution is 9.10. The number of hydrogen-bond acceptors (Lipinski definition) is 4. The molecule has 1 aliphatic rings. The summed E-state index contributed by atoms with van der Waals surface area (Å²) in [5.41, 5.74) is 0.284. The molecule has 1 saturated heterocycles. The number of thioether (sulfide) groups is 1. The average Bonchev–Trinajstić information content (AvgIpc) is 3.29. The molecule has 4 nitrogen and oxygen atoms in total. The maximum absolute atomic E-state index is 12.9. The summed E-state index contributed by atoms with van der Waals surface area (Å²) in [6.07, 6.45) is -3.04. The Morgan fingerprint density at radius 3 is 2.48 bits per heavy atom. The highest BCUT2D eigenvalue weighted by Gasteiger charge is 2.35. The van der Waals surface area contributed by atoms with E-state index in [1.54, 1.807) is 0 Å². The Bertz CT molecular complexity index is 1190. The molecule has 1 aromatic heterocycles. The first-order valence-electron chi connectivity index (χ1n) is 8.98. The van der Waals surface area contributed by atoms with E-state index in [-0.39, 0.29) is 28.5 Å². The summed E-state index contributed by atoms with van der Waals surface area (Å²) in [6.45, 7) is 0.142. The molecule has 2 heterocycles. The van der Waals surface area contributed by atoms with Crippen molar-refractivity contribution < 1.29 is 27.2 Å². The van der Waals surface area contributed by atoms with E-state index in [1.165, 1.54) is 30.3 Å². The second kappa shape index (κ2) is 8.39. The van der Waals surface area contributed by atoms with Crippen LogP contribution in [0, 0.1) is 0 Å². The standard InChI is InChI=1S/C22H13BrF3NO3S/c23-16-6-4-13(5-7-16)12-27-20(28)19(31-21(27)29)11-17-8-9-18(30-17)14-2-1-3-15(10-14)22(24,25)26/h1-11H,12H2/b19-11-. The third-order valence-electron chi connectivity index (χ3n) is 4.50. The van der Waals surface area contributed by atoms with Crippen molar-refractivity contribution in [2.45, 2.75) is 12.7 Å². The van der Waals surface area contributed by atoms with Crippen LogP contribution in [0.3, 0.4) is 0 Å². The van der Waals surface area contributed by atoms with Crippen LogP contribution in [0.4, 0.5) is 18.0 Å². The normalized spacial score (nSPS) is 15.9. The number of hydrogen-bond donors (Lipinski definition) is 0. The number of halogens is 4. The van der Waals surface area contributed by atoms with E-state index in [4.69, 9.17) is 4.42 Å². The third kappa shape index (κ3) is 4.77. The van der Waals surface area contributed by atoms with Gasteiger partial charge in [0.25, 0.3) is 11.1 Å². The largest absolute Gasteiger partial charge is 0.457 e. The van der Waals surface area contributed by atoms with Crippen LogP contribution in [-0.2, 0) is 17.5 Å². The highest BCUT2D eigenvalue weighted by Crippen LogP contribution is 2.35. The lowest BCUT2D eigenvalue weighted by Crippen LogP contribution is -2.27. The van der Waals surface area contributed by atoms with Gasteiger partial charge in [-0.3, -0.25) is 14.5 Å². The molecule has 0 bridgehead atoms. The number of amides is 2. The predicted molar refractivity (Wildman–Crippen MR) is 115 cm³/mol. The highest BCUT2D eigenvalue weighted by atomic mass is 79.9. The first-order valence-corrected chi connectivity index (χ1v) is 10.6. The monoisotopic (exact) mass is 507 g/mol. The molecule has 0 unspecified atom stereocenters. The lowest BCUT2D eigenvalue weighted by Gasteiger charge is -2.12. The van der Waals surface area contributed by atoms with Crippen LogP contribution >= 0.6 is 27.7 Å². The van der Waals surface area contributed by atoms with Crippen LogP contribution in [0.15, 0.2) is 74.5 Å². The molecule has 1 fully saturated rings. The Labute approximate surface area is 187 Å². The maximum atomic E-state index is 12.9. The SMILES string of the molecule is O=C1S/C(=C\c2ccc(-c3cccc(C(F)(F)F)c3)o2)C(=O)N1Cc1ccc(Br)cc1. The molecule has 9 heteroatoms. The van der Waals surface area contributed by atoms with E-state index in [2.05, 4.69) is 15.9 Å². The lowest BCUT2D eigenvalue weighted by atomic mass is 10.1. The molecule has 0 saturated carbocycles. The van der Waals surface area contributed by atoms with E-state index in [9.17, 15) is 22.8 Å². The number of carbonyl (C=O) groups excluding carboxylic acids is 2. The second-order valence-electron chi connectivity index (χ2n) is 6.67. The van der Waals surface area contributed by atoms with Crippen molar-refractivity contribution in [2.24, 2.45) is 0 Å². The summed E-state index contributed by atoms with van der Waals surface area (Å²) >= 11 is 4.12. The summed E-state index contributed by atoms with van der Waals surface area (Å²) in [6, 6.07) is 15.1. The minimum absolute atomic E-state index is 0.142. The summed E-state index contributed by atoms with van der Waals surface area (Å²) in [7, 11) is 0. The van der Waals surface area contributed by atoms with Gasteiger partial charge in [0.15, 0.2) is 0 Å². The van der Waals surface area contributed by atoms with Crippen molar-refractivity contribution in [3.05, 3.63) is 86.9 Å². The average molecular weight is 508 g/mol. The number of rotatable bonds is 4. The zero-order chi connectivity index (χ0) is 22.2. The Kier molecular flexibility index (Phi) is 5.81. The third-order valence-corrected chi connectivity index (χ3v) is 5.94. The van der Waals surface area contributed by atoms with E-state index in [0.717, 1.165) is 38.8 Å². The van der Waals surface area contributed by atoms with Gasteiger partial charge in [-0.15, -0.1) is 0 Å². The van der Waals surface area contributed by atoms with Gasteiger partial charge in [0.1, 0.15) is 11.5 Å². The molecule has 158 valence electrons. The predicted octanol–water partition coefficient (Wildman–Crippen LogP) is 6.96. The molecule has 0 spiro atoms. The molecule has 0 radical (unpaired) electrons. The van der Waals surface area contributed by atoms with Crippen molar-refractivity contribution in [1.82, 2.24) is 4.90 Å². The molecule has 0 N–H and O–H groups in total. The van der Waals surface area contributed by atoms with Crippen LogP contribution in [0.2, 0.25) is 0 Å². The molecule has 2 amide bonds. The fourth-order valence-corrected chi connectivity index (χ4v) is 4.05. The van der Waals surface area contributed by atoms with Crippen molar-refractivity contribution in [3.63, 3.8) is 0 Å². The minimum atomic E-state index is -4.46. The molecular formula is C22H13BrF3NO3S. The molecule has 3 aromatic rings. The van der Waals surface area contributed by atoms with Gasteiger partial charge in [0, 0.05) is 16.1 Å². The van der Waals surface area contributed by atoms with Gasteiger partial charge in [-0.25, -0.2) is 0 Å². The van der Waals surface area contributed by atoms with E-state index in [1.807, 2.05) is 24.3 Å². The van der Waals surface area contributed by atoms with Gasteiger partial charge in [0.2, 0.25) is 0 Å². The maximum Gasteiger partial charge on any atom is 0.416 e. The van der Waals surface area contributed by atoms with Crippen LogP contribution in [-0.4, -0.2) is 16.0 Å². The van der Waals surface area contributed by atoms with E-state index < -0.39 is 22.9 Å². The van der Waals surface area contributed by atoms with Crippen molar-refractivity contribution in [3.8, 4) is 11.3 Å². The summed E-state index contributed by atoms with van der Waals surface area (Å²) in [5, 5.41) is -0.399. The summed E-state index contributed by atoms with van der Waals surface area (Å²) in [4.78, 5) is 26.3. The quantitative estimate of drug-likeness (QED) is 0.358. The van der Waals surface area contributed by atoms with Crippen LogP contribution in [0.5, 0.6) is 0 Å². The van der Waals surface area contributed by atoms with Crippen LogP contribution in [0.1, 0.15) is 16.9 Å². The van der Waals surface area contributed by atoms with Gasteiger partial charge in [-0.1, -0.05) is 40.2 Å². The Morgan fingerprint density at radius 2 is 1.77 bits per heavy atom. The molecule has 4 rings (SSSR count). The molecular weight excluding hydrogens is 495 g/mol. The fraction of sp³-hybridized carbons (Fsp3) is 0.0909. The number of nitrogens with zero attached hydrogens (tertiary/aromatic N) is 1. The topological polar surface area (TPSA) is 50.5 Å². The summed E-state index contributed by atoms with van der Waals surface area (Å²) < 4.78 is 45.3. The van der Waals surface area contributed by atoms with Crippen molar-refractivity contribution in [2.75, 3.05) is 0 Å². The molecule has 31 heavy (non-hydrogen) atoms. The van der Waals surface area contributed by atoms with E-state index in [0.29, 0.717) is 0 Å². The second-order valence-corrected chi connectivity index (χ2v) is 8.58. The number of imide groups is 1. The van der Waals surface area contributed by atoms with Crippen molar-refractivity contribution >= 4 is 44.9 Å². The smallest absolute Gasteiger partial charge is 0.416 e. The Balaban J connectivity index is 1.53. The molecule has 2 aromatic carbocycles. The van der Waals surface area contributed by atoms with Crippen LogP contribution in [0.25, 0.3) is 17.4 Å². The molecule has 1 aliphatic heterocycles. The number of furan rings is 1. The van der Waals surface area contributed by atoms with E-state index >= 15 is 0 Å². The summed E-state index contributed by atoms with van der Waals surface area (Å²) in [5.74, 6) is 0.0444. The van der Waals surface area contributed by atoms with Gasteiger partial charge >= 0.3 is 6.18 Å². The minimum Gasteiger partial charge on any atom is -0.457 e.